The van der Waals surface area contributed by atoms with Crippen molar-refractivity contribution >= 4 is 21.8 Å². The number of halogens is 4. The Labute approximate surface area is 130 Å². The zero-order chi connectivity index (χ0) is 16.0. The summed E-state index contributed by atoms with van der Waals surface area (Å²) in [6.07, 6.45) is -4.51. The van der Waals surface area contributed by atoms with Crippen LogP contribution in [0.4, 0.5) is 13.2 Å². The summed E-state index contributed by atoms with van der Waals surface area (Å²) in [6.45, 7) is 2.37. The highest BCUT2D eigenvalue weighted by Gasteiger charge is 2.33. The second-order valence-corrected chi connectivity index (χ2v) is 5.52. The van der Waals surface area contributed by atoms with E-state index in [4.69, 9.17) is 4.74 Å². The van der Waals surface area contributed by atoms with Crippen molar-refractivity contribution in [3.8, 4) is 5.75 Å². The first-order valence-corrected chi connectivity index (χ1v) is 7.54. The van der Waals surface area contributed by atoms with Crippen LogP contribution in [0.2, 0.25) is 0 Å². The third kappa shape index (κ3) is 6.37. The average molecular weight is 368 g/mol. The van der Waals surface area contributed by atoms with E-state index in [1.54, 1.807) is 12.1 Å². The number of ether oxygens (including phenoxy) is 1. The SMILES string of the molecule is CC(C)Oc1cccc(C(=O)N(CCBr)CC(F)(F)F)c1. The van der Waals surface area contributed by atoms with Crippen LogP contribution in [0.25, 0.3) is 0 Å². The van der Waals surface area contributed by atoms with Crippen LogP contribution in [-0.2, 0) is 0 Å². The number of hydrogen-bond acceptors (Lipinski definition) is 2. The molecule has 118 valence electrons. The topological polar surface area (TPSA) is 29.5 Å². The maximum atomic E-state index is 12.5. The summed E-state index contributed by atoms with van der Waals surface area (Å²) in [7, 11) is 0. The Morgan fingerprint density at radius 2 is 2.05 bits per heavy atom. The lowest BCUT2D eigenvalue weighted by Gasteiger charge is -2.23. The number of nitrogens with zero attached hydrogens (tertiary/aromatic N) is 1. The highest BCUT2D eigenvalue weighted by atomic mass is 79.9. The van der Waals surface area contributed by atoms with Gasteiger partial charge in [0, 0.05) is 17.4 Å². The van der Waals surface area contributed by atoms with Crippen molar-refractivity contribution in [3.63, 3.8) is 0 Å². The first kappa shape index (κ1) is 17.8. The van der Waals surface area contributed by atoms with Gasteiger partial charge in [0.05, 0.1) is 6.10 Å². The molecule has 0 bridgehead atoms. The van der Waals surface area contributed by atoms with Crippen LogP contribution in [-0.4, -0.2) is 41.5 Å². The molecule has 1 aromatic rings. The summed E-state index contributed by atoms with van der Waals surface area (Å²) < 4.78 is 43.0. The van der Waals surface area contributed by atoms with E-state index in [-0.39, 0.29) is 23.5 Å². The van der Waals surface area contributed by atoms with Crippen LogP contribution in [0, 0.1) is 0 Å². The Bertz CT molecular complexity index is 478. The first-order chi connectivity index (χ1) is 9.73. The van der Waals surface area contributed by atoms with Gasteiger partial charge in [-0.3, -0.25) is 4.79 Å². The molecule has 0 aliphatic heterocycles. The molecule has 0 N–H and O–H groups in total. The third-order valence-corrected chi connectivity index (χ3v) is 2.82. The van der Waals surface area contributed by atoms with Gasteiger partial charge in [-0.1, -0.05) is 22.0 Å². The predicted molar refractivity (Wildman–Crippen MR) is 78.0 cm³/mol. The van der Waals surface area contributed by atoms with Crippen molar-refractivity contribution in [3.05, 3.63) is 29.8 Å². The number of rotatable bonds is 6. The molecule has 21 heavy (non-hydrogen) atoms. The molecule has 0 radical (unpaired) electrons. The lowest BCUT2D eigenvalue weighted by atomic mass is 10.2. The molecule has 0 saturated heterocycles. The van der Waals surface area contributed by atoms with Gasteiger partial charge < -0.3 is 9.64 Å². The van der Waals surface area contributed by atoms with E-state index in [0.29, 0.717) is 5.75 Å². The van der Waals surface area contributed by atoms with Gasteiger partial charge in [-0.25, -0.2) is 0 Å². The maximum absolute atomic E-state index is 12.5. The molecule has 0 fully saturated rings. The molecule has 0 aliphatic rings. The van der Waals surface area contributed by atoms with Crippen LogP contribution >= 0.6 is 15.9 Å². The fraction of sp³-hybridized carbons (Fsp3) is 0.500. The number of hydrogen-bond donors (Lipinski definition) is 0. The van der Waals surface area contributed by atoms with Crippen molar-refractivity contribution in [2.45, 2.75) is 26.1 Å². The molecular formula is C14H17BrF3NO2. The number of carbonyl (C=O) groups is 1. The van der Waals surface area contributed by atoms with Gasteiger partial charge in [0.15, 0.2) is 0 Å². The lowest BCUT2D eigenvalue weighted by Crippen LogP contribution is -2.40. The van der Waals surface area contributed by atoms with Crippen LogP contribution < -0.4 is 4.74 Å². The van der Waals surface area contributed by atoms with Gasteiger partial charge >= 0.3 is 6.18 Å². The maximum Gasteiger partial charge on any atom is 0.406 e. The second-order valence-electron chi connectivity index (χ2n) is 4.73. The van der Waals surface area contributed by atoms with Crippen molar-refractivity contribution < 1.29 is 22.7 Å². The molecule has 0 unspecified atom stereocenters. The summed E-state index contributed by atoms with van der Waals surface area (Å²) in [5, 5.41) is 0.275. The standard InChI is InChI=1S/C14H17BrF3NO2/c1-10(2)21-12-5-3-4-11(8-12)13(20)19(7-6-15)9-14(16,17)18/h3-5,8,10H,6-7,9H2,1-2H3. The summed E-state index contributed by atoms with van der Waals surface area (Å²) in [5.41, 5.74) is 0.179. The van der Waals surface area contributed by atoms with Crippen molar-refractivity contribution in [1.82, 2.24) is 4.90 Å². The molecule has 7 heteroatoms. The molecule has 1 aromatic carbocycles. The number of benzene rings is 1. The summed E-state index contributed by atoms with van der Waals surface area (Å²) in [5.74, 6) is -0.206. The molecule has 0 atom stereocenters. The third-order valence-electron chi connectivity index (χ3n) is 2.46. The number of alkyl halides is 4. The predicted octanol–water partition coefficient (Wildman–Crippen LogP) is 3.87. The van der Waals surface area contributed by atoms with Gasteiger partial charge in [0.2, 0.25) is 0 Å². The number of amides is 1. The van der Waals surface area contributed by atoms with Crippen LogP contribution in [0.1, 0.15) is 24.2 Å². The Kier molecular flexibility index (Phi) is 6.51. The van der Waals surface area contributed by atoms with Gasteiger partial charge in [-0.15, -0.1) is 0 Å². The quantitative estimate of drug-likeness (QED) is 0.714. The minimum Gasteiger partial charge on any atom is -0.491 e. The largest absolute Gasteiger partial charge is 0.491 e. The van der Waals surface area contributed by atoms with E-state index < -0.39 is 18.6 Å². The smallest absolute Gasteiger partial charge is 0.406 e. The summed E-state index contributed by atoms with van der Waals surface area (Å²) in [4.78, 5) is 13.0. The minimum absolute atomic E-state index is 0.0202. The fourth-order valence-corrected chi connectivity index (χ4v) is 2.16. The number of carbonyl (C=O) groups excluding carboxylic acids is 1. The molecule has 0 spiro atoms. The average Bonchev–Trinajstić information content (AvgIpc) is 2.35. The molecule has 0 saturated carbocycles. The molecule has 3 nitrogen and oxygen atoms in total. The van der Waals surface area contributed by atoms with E-state index in [9.17, 15) is 18.0 Å². The van der Waals surface area contributed by atoms with Crippen molar-refractivity contribution in [1.29, 1.82) is 0 Å². The Hall–Kier alpha value is -1.24. The zero-order valence-corrected chi connectivity index (χ0v) is 13.4. The molecule has 1 rings (SSSR count). The normalized spacial score (nSPS) is 11.6. The molecule has 0 heterocycles. The summed E-state index contributed by atoms with van der Waals surface area (Å²) >= 11 is 3.06. The van der Waals surface area contributed by atoms with Crippen molar-refractivity contribution in [2.75, 3.05) is 18.4 Å². The Morgan fingerprint density at radius 3 is 2.57 bits per heavy atom. The summed E-state index contributed by atoms with van der Waals surface area (Å²) in [6, 6.07) is 6.19. The molecule has 0 aliphatic carbocycles. The van der Waals surface area contributed by atoms with Gasteiger partial charge in [0.25, 0.3) is 5.91 Å². The van der Waals surface area contributed by atoms with E-state index in [0.717, 1.165) is 4.90 Å². The minimum atomic E-state index is -4.43. The van der Waals surface area contributed by atoms with E-state index in [2.05, 4.69) is 15.9 Å². The highest BCUT2D eigenvalue weighted by Crippen LogP contribution is 2.20. The fourth-order valence-electron chi connectivity index (χ4n) is 1.73. The second kappa shape index (κ2) is 7.68. The van der Waals surface area contributed by atoms with Crippen LogP contribution in [0.15, 0.2) is 24.3 Å². The van der Waals surface area contributed by atoms with Gasteiger partial charge in [-0.05, 0) is 32.0 Å². The zero-order valence-electron chi connectivity index (χ0n) is 11.8. The van der Waals surface area contributed by atoms with Crippen molar-refractivity contribution in [2.24, 2.45) is 0 Å². The van der Waals surface area contributed by atoms with Crippen LogP contribution in [0.3, 0.4) is 0 Å². The lowest BCUT2D eigenvalue weighted by molar-refractivity contribution is -0.140. The molecule has 1 amide bonds. The van der Waals surface area contributed by atoms with E-state index in [1.807, 2.05) is 13.8 Å². The Morgan fingerprint density at radius 1 is 1.38 bits per heavy atom. The highest BCUT2D eigenvalue weighted by molar-refractivity contribution is 9.09. The van der Waals surface area contributed by atoms with E-state index >= 15 is 0 Å². The van der Waals surface area contributed by atoms with E-state index in [1.165, 1.54) is 12.1 Å². The monoisotopic (exact) mass is 367 g/mol. The Balaban J connectivity index is 2.92. The first-order valence-electron chi connectivity index (χ1n) is 6.41. The van der Waals surface area contributed by atoms with Gasteiger partial charge in [-0.2, -0.15) is 13.2 Å². The van der Waals surface area contributed by atoms with Crippen LogP contribution in [0.5, 0.6) is 5.75 Å². The molecule has 0 aromatic heterocycles. The molecular weight excluding hydrogens is 351 g/mol. The van der Waals surface area contributed by atoms with Gasteiger partial charge in [0.1, 0.15) is 12.3 Å².